The first-order valence-electron chi connectivity index (χ1n) is 10.8. The SMILES string of the molecule is CCOc1cc(/C=N\NC(=O)c2cc3cc([N+](=O)[O-])ccc3o2)c(Br)cc1OCc1ccc(Cl)c(Cl)c1. The Morgan fingerprint density at radius 3 is 2.62 bits per heavy atom. The maximum Gasteiger partial charge on any atom is 0.307 e. The summed E-state index contributed by atoms with van der Waals surface area (Å²) in [5.41, 5.74) is 4.08. The van der Waals surface area contributed by atoms with Gasteiger partial charge in [0.15, 0.2) is 17.3 Å². The van der Waals surface area contributed by atoms with Gasteiger partial charge >= 0.3 is 5.91 Å². The van der Waals surface area contributed by atoms with Gasteiger partial charge in [0, 0.05) is 27.6 Å². The van der Waals surface area contributed by atoms with Crippen LogP contribution in [-0.4, -0.2) is 23.7 Å². The molecule has 0 fully saturated rings. The fourth-order valence-corrected chi connectivity index (χ4v) is 4.04. The van der Waals surface area contributed by atoms with Gasteiger partial charge in [0.2, 0.25) is 0 Å². The van der Waals surface area contributed by atoms with Crippen LogP contribution in [-0.2, 0) is 6.61 Å². The lowest BCUT2D eigenvalue weighted by Gasteiger charge is -2.14. The number of nitro groups is 1. The topological polar surface area (TPSA) is 116 Å². The number of rotatable bonds is 9. The highest BCUT2D eigenvalue weighted by molar-refractivity contribution is 9.10. The number of furan rings is 1. The number of halogens is 3. The molecule has 0 radical (unpaired) electrons. The van der Waals surface area contributed by atoms with Crippen LogP contribution in [0.15, 0.2) is 68.6 Å². The lowest BCUT2D eigenvalue weighted by Crippen LogP contribution is -2.16. The number of ether oxygens (including phenoxy) is 2. The van der Waals surface area contributed by atoms with E-state index in [0.29, 0.717) is 49.2 Å². The zero-order valence-electron chi connectivity index (χ0n) is 19.2. The van der Waals surface area contributed by atoms with Crippen molar-refractivity contribution in [1.82, 2.24) is 5.43 Å². The van der Waals surface area contributed by atoms with Gasteiger partial charge in [-0.25, -0.2) is 5.43 Å². The first-order valence-corrected chi connectivity index (χ1v) is 12.3. The molecule has 0 aliphatic carbocycles. The molecule has 9 nitrogen and oxygen atoms in total. The van der Waals surface area contributed by atoms with Crippen LogP contribution in [0.2, 0.25) is 10.0 Å². The molecule has 0 bridgehead atoms. The van der Waals surface area contributed by atoms with Gasteiger partial charge in [0.25, 0.3) is 5.69 Å². The fraction of sp³-hybridized carbons (Fsp3) is 0.120. The van der Waals surface area contributed by atoms with E-state index in [2.05, 4.69) is 26.5 Å². The maximum absolute atomic E-state index is 12.5. The van der Waals surface area contributed by atoms with Crippen molar-refractivity contribution in [1.29, 1.82) is 0 Å². The van der Waals surface area contributed by atoms with Crippen molar-refractivity contribution >= 4 is 67.9 Å². The number of non-ortho nitro benzene ring substituents is 1. The summed E-state index contributed by atoms with van der Waals surface area (Å²) in [4.78, 5) is 22.9. The summed E-state index contributed by atoms with van der Waals surface area (Å²) < 4.78 is 17.8. The van der Waals surface area contributed by atoms with E-state index < -0.39 is 10.8 Å². The number of nitrogens with one attached hydrogen (secondary N) is 1. The molecule has 0 unspecified atom stereocenters. The quantitative estimate of drug-likeness (QED) is 0.123. The van der Waals surface area contributed by atoms with Gasteiger partial charge in [-0.05, 0) is 64.8 Å². The molecule has 0 saturated heterocycles. The number of benzene rings is 3. The van der Waals surface area contributed by atoms with Gasteiger partial charge in [-0.3, -0.25) is 14.9 Å². The van der Waals surface area contributed by atoms with E-state index >= 15 is 0 Å². The Bertz CT molecular complexity index is 1520. The van der Waals surface area contributed by atoms with Gasteiger partial charge in [-0.15, -0.1) is 0 Å². The molecule has 0 aliphatic heterocycles. The molecule has 4 rings (SSSR count). The van der Waals surface area contributed by atoms with E-state index in [1.165, 1.54) is 30.5 Å². The van der Waals surface area contributed by atoms with Gasteiger partial charge < -0.3 is 13.9 Å². The molecule has 4 aromatic rings. The number of hydrogen-bond donors (Lipinski definition) is 1. The molecular formula is C25H18BrCl2N3O6. The van der Waals surface area contributed by atoms with Gasteiger partial charge in [-0.2, -0.15) is 5.10 Å². The highest BCUT2D eigenvalue weighted by atomic mass is 79.9. The molecule has 12 heteroatoms. The van der Waals surface area contributed by atoms with Gasteiger partial charge in [0.1, 0.15) is 12.2 Å². The number of fused-ring (bicyclic) bond motifs is 1. The maximum atomic E-state index is 12.5. The summed E-state index contributed by atoms with van der Waals surface area (Å²) in [5, 5.41) is 16.3. The lowest BCUT2D eigenvalue weighted by atomic mass is 10.2. The van der Waals surface area contributed by atoms with Crippen LogP contribution in [0.4, 0.5) is 5.69 Å². The Kier molecular flexibility index (Phi) is 8.32. The van der Waals surface area contributed by atoms with Gasteiger partial charge in [-0.1, -0.05) is 29.3 Å². The Labute approximate surface area is 229 Å². The highest BCUT2D eigenvalue weighted by Gasteiger charge is 2.15. The van der Waals surface area contributed by atoms with E-state index in [-0.39, 0.29) is 18.1 Å². The molecule has 37 heavy (non-hydrogen) atoms. The monoisotopic (exact) mass is 605 g/mol. The van der Waals surface area contributed by atoms with Crippen molar-refractivity contribution in [2.24, 2.45) is 5.10 Å². The van der Waals surface area contributed by atoms with Crippen LogP contribution < -0.4 is 14.9 Å². The summed E-state index contributed by atoms with van der Waals surface area (Å²) in [6.45, 7) is 2.50. The van der Waals surface area contributed by atoms with Crippen LogP contribution in [0.5, 0.6) is 11.5 Å². The third-order valence-corrected chi connectivity index (χ3v) is 6.47. The van der Waals surface area contributed by atoms with Crippen LogP contribution in [0.25, 0.3) is 11.0 Å². The van der Waals surface area contributed by atoms with Crippen molar-refractivity contribution in [3.8, 4) is 11.5 Å². The Hall–Kier alpha value is -3.60. The number of hydrogen-bond acceptors (Lipinski definition) is 7. The zero-order chi connectivity index (χ0) is 26.5. The summed E-state index contributed by atoms with van der Waals surface area (Å²) >= 11 is 15.5. The van der Waals surface area contributed by atoms with Gasteiger partial charge in [0.05, 0.1) is 27.8 Å². The molecule has 0 saturated carbocycles. The Balaban J connectivity index is 1.46. The molecule has 3 aromatic carbocycles. The van der Waals surface area contributed by atoms with E-state index in [4.69, 9.17) is 37.1 Å². The van der Waals surface area contributed by atoms with E-state index in [0.717, 1.165) is 5.56 Å². The van der Waals surface area contributed by atoms with Crippen molar-refractivity contribution in [3.63, 3.8) is 0 Å². The summed E-state index contributed by atoms with van der Waals surface area (Å²) in [6.07, 6.45) is 1.43. The van der Waals surface area contributed by atoms with Crippen molar-refractivity contribution < 1.29 is 23.6 Å². The standard InChI is InChI=1S/C25H18BrCl2N3O6/c1-2-35-22-10-16(18(26)11-23(22)36-13-14-3-5-19(27)20(28)7-14)12-29-30-25(32)24-9-15-8-17(31(33)34)4-6-21(15)37-24/h3-12H,2,13H2,1H3,(H,30,32)/b29-12-. The third kappa shape index (κ3) is 6.40. The molecule has 0 atom stereocenters. The average molecular weight is 607 g/mol. The number of hydrazone groups is 1. The molecule has 0 spiro atoms. The minimum atomic E-state index is -0.613. The second-order valence-corrected chi connectivity index (χ2v) is 9.25. The molecule has 1 N–H and O–H groups in total. The highest BCUT2D eigenvalue weighted by Crippen LogP contribution is 2.34. The largest absolute Gasteiger partial charge is 0.490 e. The number of amides is 1. The normalized spacial score (nSPS) is 11.1. The van der Waals surface area contributed by atoms with E-state index in [1.54, 1.807) is 24.3 Å². The number of carbonyl (C=O) groups is 1. The predicted octanol–water partition coefficient (Wildman–Crippen LogP) is 7.15. The second kappa shape index (κ2) is 11.6. The molecular weight excluding hydrogens is 589 g/mol. The number of carbonyl (C=O) groups excluding carboxylic acids is 1. The minimum Gasteiger partial charge on any atom is -0.490 e. The Morgan fingerprint density at radius 2 is 1.89 bits per heavy atom. The zero-order valence-corrected chi connectivity index (χ0v) is 22.3. The molecule has 1 amide bonds. The molecule has 1 aromatic heterocycles. The minimum absolute atomic E-state index is 0.0345. The number of nitrogens with zero attached hydrogens (tertiary/aromatic N) is 2. The van der Waals surface area contributed by atoms with Crippen molar-refractivity contribution in [2.45, 2.75) is 13.5 Å². The number of nitro benzene ring substituents is 1. The van der Waals surface area contributed by atoms with E-state index in [1.807, 2.05) is 13.0 Å². The summed E-state index contributed by atoms with van der Waals surface area (Å²) in [5.74, 6) is 0.334. The smallest absolute Gasteiger partial charge is 0.307 e. The molecule has 1 heterocycles. The molecule has 190 valence electrons. The fourth-order valence-electron chi connectivity index (χ4n) is 3.29. The Morgan fingerprint density at radius 1 is 1.11 bits per heavy atom. The molecule has 0 aliphatic rings. The van der Waals surface area contributed by atoms with Crippen LogP contribution >= 0.6 is 39.1 Å². The van der Waals surface area contributed by atoms with Crippen LogP contribution in [0.1, 0.15) is 28.6 Å². The predicted molar refractivity (Wildman–Crippen MR) is 144 cm³/mol. The summed E-state index contributed by atoms with van der Waals surface area (Å²) in [6, 6.07) is 14.2. The second-order valence-electron chi connectivity index (χ2n) is 7.58. The average Bonchev–Trinajstić information content (AvgIpc) is 3.30. The van der Waals surface area contributed by atoms with E-state index in [9.17, 15) is 14.9 Å². The third-order valence-electron chi connectivity index (χ3n) is 5.05. The van der Waals surface area contributed by atoms with Crippen LogP contribution in [0.3, 0.4) is 0 Å². The first kappa shape index (κ1) is 26.5. The van der Waals surface area contributed by atoms with Crippen molar-refractivity contribution in [3.05, 3.63) is 96.1 Å². The lowest BCUT2D eigenvalue weighted by molar-refractivity contribution is -0.384. The first-order chi connectivity index (χ1) is 17.7. The van der Waals surface area contributed by atoms with Crippen LogP contribution in [0, 0.1) is 10.1 Å². The summed E-state index contributed by atoms with van der Waals surface area (Å²) in [7, 11) is 0. The van der Waals surface area contributed by atoms with Crippen molar-refractivity contribution in [2.75, 3.05) is 6.61 Å².